The van der Waals surface area contributed by atoms with E-state index in [1.165, 1.54) is 0 Å². The highest BCUT2D eigenvalue weighted by Crippen LogP contribution is 2.47. The number of H-pyrrole nitrogens is 1. The summed E-state index contributed by atoms with van der Waals surface area (Å²) in [6.45, 7) is 1.71. The van der Waals surface area contributed by atoms with E-state index >= 15 is 0 Å². The molecule has 2 saturated carbocycles. The van der Waals surface area contributed by atoms with Gasteiger partial charge in [0.1, 0.15) is 17.8 Å². The van der Waals surface area contributed by atoms with Crippen LogP contribution in [-0.4, -0.2) is 81.5 Å². The van der Waals surface area contributed by atoms with Gasteiger partial charge in [-0.1, -0.05) is 6.42 Å². The van der Waals surface area contributed by atoms with Crippen LogP contribution >= 0.6 is 0 Å². The Balaban J connectivity index is 1.41. The topological polar surface area (TPSA) is 106 Å². The summed E-state index contributed by atoms with van der Waals surface area (Å²) < 4.78 is 30.2. The van der Waals surface area contributed by atoms with Crippen LogP contribution in [0.2, 0.25) is 0 Å². The minimum absolute atomic E-state index is 0.0346. The minimum atomic E-state index is -3.59. The van der Waals surface area contributed by atoms with E-state index in [0.29, 0.717) is 19.6 Å². The molecule has 2 aromatic rings. The number of nitrogens with zero attached hydrogens (tertiary/aromatic N) is 5. The molecule has 0 aromatic carbocycles. The SMILES string of the molecule is O=S(=O)(N(CCO)C1CCC1)N1CCN(c2ncnc3[nH]ccc23)CC12CC2. The number of nitrogens with one attached hydrogen (secondary N) is 1. The lowest BCUT2D eigenvalue weighted by molar-refractivity contribution is 0.157. The molecule has 0 radical (unpaired) electrons. The van der Waals surface area contributed by atoms with Crippen LogP contribution in [0.1, 0.15) is 32.1 Å². The van der Waals surface area contributed by atoms with Gasteiger partial charge in [-0.2, -0.15) is 17.0 Å². The third kappa shape index (κ3) is 2.81. The Labute approximate surface area is 164 Å². The van der Waals surface area contributed by atoms with E-state index in [9.17, 15) is 13.5 Å². The number of rotatable bonds is 6. The number of aliphatic hydroxyl groups is 1. The smallest absolute Gasteiger partial charge is 0.282 e. The van der Waals surface area contributed by atoms with Gasteiger partial charge in [0.15, 0.2) is 0 Å². The molecule has 0 amide bonds. The van der Waals surface area contributed by atoms with E-state index < -0.39 is 10.2 Å². The number of hydrogen-bond acceptors (Lipinski definition) is 6. The zero-order chi connectivity index (χ0) is 19.4. The van der Waals surface area contributed by atoms with E-state index in [1.54, 1.807) is 14.9 Å². The largest absolute Gasteiger partial charge is 0.395 e. The standard InChI is InChI=1S/C18H26N6O3S/c25-11-10-23(14-2-1-3-14)28(26,27)24-9-8-22(12-18(24)5-6-18)17-15-4-7-19-16(15)20-13-21-17/h4,7,13-14,25H,1-3,5-6,8-12H2,(H,19,20,21). The quantitative estimate of drug-likeness (QED) is 0.732. The average Bonchev–Trinajstić information content (AvgIpc) is 3.21. The van der Waals surface area contributed by atoms with Crippen molar-refractivity contribution in [2.24, 2.45) is 0 Å². The molecule has 2 aromatic heterocycles. The summed E-state index contributed by atoms with van der Waals surface area (Å²) in [5, 5.41) is 10.4. The van der Waals surface area contributed by atoms with Gasteiger partial charge in [0.25, 0.3) is 10.2 Å². The summed E-state index contributed by atoms with van der Waals surface area (Å²) in [4.78, 5) is 14.0. The van der Waals surface area contributed by atoms with Gasteiger partial charge in [0.05, 0.1) is 17.5 Å². The second-order valence-corrected chi connectivity index (χ2v) is 9.89. The first-order valence-corrected chi connectivity index (χ1v) is 11.4. The Hall–Kier alpha value is -1.75. The number of piperazine rings is 1. The van der Waals surface area contributed by atoms with E-state index in [2.05, 4.69) is 19.9 Å². The van der Waals surface area contributed by atoms with Gasteiger partial charge in [-0.3, -0.25) is 0 Å². The molecule has 10 heteroatoms. The molecule has 0 bridgehead atoms. The summed E-state index contributed by atoms with van der Waals surface area (Å²) in [7, 11) is -3.59. The van der Waals surface area contributed by atoms with Crippen molar-refractivity contribution in [2.45, 2.75) is 43.7 Å². The molecule has 9 nitrogen and oxygen atoms in total. The molecule has 3 heterocycles. The number of aromatic amines is 1. The van der Waals surface area contributed by atoms with E-state index in [0.717, 1.165) is 49.0 Å². The molecule has 2 N–H and O–H groups in total. The van der Waals surface area contributed by atoms with Crippen LogP contribution in [0.3, 0.4) is 0 Å². The second kappa shape index (κ2) is 6.65. The van der Waals surface area contributed by atoms with Crippen molar-refractivity contribution in [3.8, 4) is 0 Å². The summed E-state index contributed by atoms with van der Waals surface area (Å²) >= 11 is 0. The normalized spacial score (nSPS) is 22.9. The van der Waals surface area contributed by atoms with Crippen LogP contribution in [0.25, 0.3) is 11.0 Å². The predicted molar refractivity (Wildman–Crippen MR) is 105 cm³/mol. The Kier molecular flexibility index (Phi) is 4.34. The van der Waals surface area contributed by atoms with Gasteiger partial charge in [-0.05, 0) is 31.7 Å². The molecule has 1 spiro atoms. The first-order chi connectivity index (χ1) is 13.5. The predicted octanol–water partition coefficient (Wildman–Crippen LogP) is 0.704. The number of aromatic nitrogens is 3. The lowest BCUT2D eigenvalue weighted by Gasteiger charge is -2.46. The first-order valence-electron chi connectivity index (χ1n) is 9.99. The zero-order valence-corrected chi connectivity index (χ0v) is 16.6. The van der Waals surface area contributed by atoms with Crippen molar-refractivity contribution < 1.29 is 13.5 Å². The van der Waals surface area contributed by atoms with E-state index in [4.69, 9.17) is 0 Å². The van der Waals surface area contributed by atoms with E-state index in [1.807, 2.05) is 12.3 Å². The Morgan fingerprint density at radius 1 is 1.29 bits per heavy atom. The number of hydrogen-bond donors (Lipinski definition) is 2. The Morgan fingerprint density at radius 3 is 2.79 bits per heavy atom. The van der Waals surface area contributed by atoms with Gasteiger partial charge in [-0.15, -0.1) is 0 Å². The maximum Gasteiger partial charge on any atom is 0.282 e. The van der Waals surface area contributed by atoms with Crippen LogP contribution in [-0.2, 0) is 10.2 Å². The van der Waals surface area contributed by atoms with Crippen molar-refractivity contribution in [3.63, 3.8) is 0 Å². The van der Waals surface area contributed by atoms with Crippen LogP contribution in [0.5, 0.6) is 0 Å². The van der Waals surface area contributed by atoms with Crippen LogP contribution in [0, 0.1) is 0 Å². The number of aliphatic hydroxyl groups excluding tert-OH is 1. The van der Waals surface area contributed by atoms with Gasteiger partial charge < -0.3 is 15.0 Å². The zero-order valence-electron chi connectivity index (χ0n) is 15.8. The molecule has 1 aliphatic heterocycles. The first kappa shape index (κ1) is 18.3. The molecular weight excluding hydrogens is 380 g/mol. The monoisotopic (exact) mass is 406 g/mol. The summed E-state index contributed by atoms with van der Waals surface area (Å²) in [5.41, 5.74) is 0.436. The molecule has 5 rings (SSSR count). The summed E-state index contributed by atoms with van der Waals surface area (Å²) in [6.07, 6.45) is 7.96. The van der Waals surface area contributed by atoms with Crippen LogP contribution in [0.4, 0.5) is 5.82 Å². The Bertz CT molecular complexity index is 969. The fourth-order valence-corrected chi connectivity index (χ4v) is 6.75. The van der Waals surface area contributed by atoms with Crippen molar-refractivity contribution in [1.82, 2.24) is 23.6 Å². The van der Waals surface area contributed by atoms with Gasteiger partial charge in [0.2, 0.25) is 0 Å². The van der Waals surface area contributed by atoms with Crippen molar-refractivity contribution in [2.75, 3.05) is 37.7 Å². The molecule has 2 aliphatic carbocycles. The lowest BCUT2D eigenvalue weighted by Crippen LogP contribution is -2.62. The molecular formula is C18H26N6O3S. The third-order valence-corrected chi connectivity index (χ3v) is 8.62. The molecule has 152 valence electrons. The number of fused-ring (bicyclic) bond motifs is 1. The lowest BCUT2D eigenvalue weighted by atomic mass is 9.93. The van der Waals surface area contributed by atoms with Gasteiger partial charge in [0, 0.05) is 38.4 Å². The van der Waals surface area contributed by atoms with Crippen molar-refractivity contribution >= 4 is 27.1 Å². The second-order valence-electron chi connectivity index (χ2n) is 8.08. The van der Waals surface area contributed by atoms with Crippen LogP contribution in [0.15, 0.2) is 18.6 Å². The summed E-state index contributed by atoms with van der Waals surface area (Å²) in [5.74, 6) is 0.862. The molecule has 1 saturated heterocycles. The fraction of sp³-hybridized carbons (Fsp3) is 0.667. The highest BCUT2D eigenvalue weighted by atomic mass is 32.2. The Morgan fingerprint density at radius 2 is 2.11 bits per heavy atom. The molecule has 3 aliphatic rings. The summed E-state index contributed by atoms with van der Waals surface area (Å²) in [6, 6.07) is 2.00. The fourth-order valence-electron chi connectivity index (χ4n) is 4.55. The molecule has 28 heavy (non-hydrogen) atoms. The highest BCUT2D eigenvalue weighted by Gasteiger charge is 2.57. The molecule has 0 atom stereocenters. The average molecular weight is 407 g/mol. The highest BCUT2D eigenvalue weighted by molar-refractivity contribution is 7.86. The number of anilines is 1. The molecule has 3 fully saturated rings. The van der Waals surface area contributed by atoms with Gasteiger partial charge >= 0.3 is 0 Å². The van der Waals surface area contributed by atoms with E-state index in [-0.39, 0.29) is 24.7 Å². The van der Waals surface area contributed by atoms with Crippen LogP contribution < -0.4 is 4.90 Å². The molecule has 0 unspecified atom stereocenters. The minimum Gasteiger partial charge on any atom is -0.395 e. The van der Waals surface area contributed by atoms with Crippen molar-refractivity contribution in [3.05, 3.63) is 18.6 Å². The maximum absolute atomic E-state index is 13.5. The third-order valence-electron chi connectivity index (χ3n) is 6.42. The van der Waals surface area contributed by atoms with Crippen molar-refractivity contribution in [1.29, 1.82) is 0 Å². The van der Waals surface area contributed by atoms with Gasteiger partial charge in [-0.25, -0.2) is 9.97 Å². The maximum atomic E-state index is 13.5.